The molecule has 218 valence electrons. The lowest BCUT2D eigenvalue weighted by Gasteiger charge is -2.38. The smallest absolute Gasteiger partial charge is 0.410 e. The van der Waals surface area contributed by atoms with Gasteiger partial charge in [-0.2, -0.15) is 0 Å². The number of piperidine rings is 1. The van der Waals surface area contributed by atoms with Gasteiger partial charge in [0.1, 0.15) is 12.4 Å². The average molecular weight is 583 g/mol. The summed E-state index contributed by atoms with van der Waals surface area (Å²) in [7, 11) is 1.54. The number of likely N-dealkylation sites (tertiary alicyclic amines) is 1. The van der Waals surface area contributed by atoms with Gasteiger partial charge in [0, 0.05) is 69.7 Å². The molecule has 3 aliphatic heterocycles. The number of hydrogen-bond acceptors (Lipinski definition) is 6. The zero-order valence-electron chi connectivity index (χ0n) is 23.4. The molecule has 3 heterocycles. The molecule has 3 aliphatic rings. The van der Waals surface area contributed by atoms with Crippen molar-refractivity contribution in [2.24, 2.45) is 0 Å². The lowest BCUT2D eigenvalue weighted by Crippen LogP contribution is -2.51. The monoisotopic (exact) mass is 582 g/mol. The minimum atomic E-state index is -0.923. The maximum absolute atomic E-state index is 14.2. The molecule has 0 aliphatic carbocycles. The summed E-state index contributed by atoms with van der Waals surface area (Å²) < 4.78 is 11.2. The van der Waals surface area contributed by atoms with Gasteiger partial charge in [0.05, 0.1) is 18.2 Å². The number of carbonyl (C=O) groups excluding carboxylic acids is 4. The number of methoxy groups -OCH3 is 1. The Morgan fingerprint density at radius 2 is 1.56 bits per heavy atom. The molecule has 5 rings (SSSR count). The number of halogens is 1. The summed E-state index contributed by atoms with van der Waals surface area (Å²) in [5.41, 5.74) is 1.27. The summed E-state index contributed by atoms with van der Waals surface area (Å²) in [4.78, 5) is 58.4. The van der Waals surface area contributed by atoms with Crippen molar-refractivity contribution in [1.29, 1.82) is 0 Å². The van der Waals surface area contributed by atoms with Gasteiger partial charge in [-0.3, -0.25) is 14.4 Å². The van der Waals surface area contributed by atoms with Crippen molar-refractivity contribution in [1.82, 2.24) is 14.7 Å². The number of nitrogens with zero attached hydrogens (tertiary/aromatic N) is 4. The first-order valence-corrected chi connectivity index (χ1v) is 14.3. The number of anilines is 1. The number of hydrogen-bond donors (Lipinski definition) is 0. The third-order valence-corrected chi connectivity index (χ3v) is 8.74. The van der Waals surface area contributed by atoms with Crippen LogP contribution in [0.25, 0.3) is 0 Å². The van der Waals surface area contributed by atoms with E-state index in [4.69, 9.17) is 21.1 Å². The van der Waals surface area contributed by atoms with Crippen molar-refractivity contribution < 1.29 is 28.7 Å². The molecule has 0 saturated carbocycles. The van der Waals surface area contributed by atoms with Crippen molar-refractivity contribution in [2.45, 2.75) is 38.2 Å². The zero-order valence-corrected chi connectivity index (χ0v) is 24.2. The van der Waals surface area contributed by atoms with Crippen LogP contribution in [0.1, 0.15) is 37.3 Å². The van der Waals surface area contributed by atoms with Crippen molar-refractivity contribution in [3.63, 3.8) is 0 Å². The predicted octanol–water partition coefficient (Wildman–Crippen LogP) is 3.45. The SMILES string of the molecule is COc1ccc(Cl)c2c1N(CCC(=O)N1CCN(C(C)=O)CC1)C(=O)C21CCN(C(=O)OCc2ccccc2)CC1. The summed E-state index contributed by atoms with van der Waals surface area (Å²) >= 11 is 6.75. The molecule has 1 spiro atoms. The van der Waals surface area contributed by atoms with Crippen LogP contribution in [0.5, 0.6) is 5.75 Å². The molecule has 0 bridgehead atoms. The standard InChI is InChI=1S/C30H35ClN4O6/c1-21(36)32-16-18-33(19-17-32)25(37)10-13-35-27-24(40-2)9-8-23(31)26(27)30(28(35)38)11-14-34(15-12-30)29(39)41-20-22-6-4-3-5-7-22/h3-9H,10-20H2,1-2H3. The van der Waals surface area contributed by atoms with Crippen LogP contribution in [-0.4, -0.2) is 91.4 Å². The molecule has 0 aromatic heterocycles. The number of ether oxygens (including phenoxy) is 2. The Morgan fingerprint density at radius 1 is 0.902 bits per heavy atom. The highest BCUT2D eigenvalue weighted by molar-refractivity contribution is 6.33. The Balaban J connectivity index is 1.29. The van der Waals surface area contributed by atoms with E-state index >= 15 is 0 Å². The summed E-state index contributed by atoms with van der Waals surface area (Å²) in [6.07, 6.45) is 0.473. The van der Waals surface area contributed by atoms with E-state index in [1.54, 1.807) is 38.8 Å². The number of piperazine rings is 1. The van der Waals surface area contributed by atoms with E-state index < -0.39 is 11.5 Å². The van der Waals surface area contributed by atoms with E-state index in [1.807, 2.05) is 30.3 Å². The summed E-state index contributed by atoms with van der Waals surface area (Å²) in [6, 6.07) is 13.0. The fourth-order valence-corrected chi connectivity index (χ4v) is 6.43. The Hall–Kier alpha value is -3.79. The molecular formula is C30H35ClN4O6. The summed E-state index contributed by atoms with van der Waals surface area (Å²) in [6.45, 7) is 4.50. The third kappa shape index (κ3) is 5.57. The molecule has 2 aromatic rings. The van der Waals surface area contributed by atoms with Crippen molar-refractivity contribution in [2.75, 3.05) is 57.8 Å². The number of rotatable bonds is 6. The maximum atomic E-state index is 14.2. The van der Waals surface area contributed by atoms with E-state index in [-0.39, 0.29) is 37.3 Å². The minimum absolute atomic E-state index is 0.00106. The molecule has 2 fully saturated rings. The topological polar surface area (TPSA) is 99.7 Å². The second kappa shape index (κ2) is 12.0. The normalized spacial score (nSPS) is 18.0. The lowest BCUT2D eigenvalue weighted by molar-refractivity contribution is -0.138. The fraction of sp³-hybridized carbons (Fsp3) is 0.467. The Kier molecular flexibility index (Phi) is 8.40. The van der Waals surface area contributed by atoms with Crippen LogP contribution < -0.4 is 9.64 Å². The quantitative estimate of drug-likeness (QED) is 0.517. The van der Waals surface area contributed by atoms with Crippen LogP contribution in [0.2, 0.25) is 5.02 Å². The van der Waals surface area contributed by atoms with E-state index in [9.17, 15) is 19.2 Å². The first-order chi connectivity index (χ1) is 19.7. The van der Waals surface area contributed by atoms with Gasteiger partial charge < -0.3 is 29.1 Å². The minimum Gasteiger partial charge on any atom is -0.495 e. The van der Waals surface area contributed by atoms with Crippen LogP contribution in [-0.2, 0) is 31.1 Å². The zero-order chi connectivity index (χ0) is 29.1. The van der Waals surface area contributed by atoms with E-state index in [0.717, 1.165) is 5.56 Å². The molecule has 2 aromatic carbocycles. The molecule has 0 atom stereocenters. The molecule has 0 radical (unpaired) electrons. The fourth-order valence-electron chi connectivity index (χ4n) is 6.10. The largest absolute Gasteiger partial charge is 0.495 e. The summed E-state index contributed by atoms with van der Waals surface area (Å²) in [5, 5.41) is 0.462. The first kappa shape index (κ1) is 28.7. The second-order valence-electron chi connectivity index (χ2n) is 10.7. The third-order valence-electron chi connectivity index (χ3n) is 8.42. The Bertz CT molecular complexity index is 1320. The van der Waals surface area contributed by atoms with Crippen LogP contribution in [0, 0.1) is 0 Å². The molecule has 2 saturated heterocycles. The highest BCUT2D eigenvalue weighted by Crippen LogP contribution is 2.54. The summed E-state index contributed by atoms with van der Waals surface area (Å²) in [5.74, 6) is 0.314. The number of benzene rings is 2. The molecule has 0 unspecified atom stereocenters. The molecule has 41 heavy (non-hydrogen) atoms. The van der Waals surface area contributed by atoms with Gasteiger partial charge in [0.25, 0.3) is 0 Å². The molecule has 11 heteroatoms. The second-order valence-corrected chi connectivity index (χ2v) is 11.1. The van der Waals surface area contributed by atoms with Crippen molar-refractivity contribution in [3.05, 3.63) is 58.6 Å². The highest BCUT2D eigenvalue weighted by Gasteiger charge is 2.55. The molecule has 0 N–H and O–H groups in total. The Labute approximate surface area is 244 Å². The van der Waals surface area contributed by atoms with Crippen LogP contribution >= 0.6 is 11.6 Å². The van der Waals surface area contributed by atoms with E-state index in [1.165, 1.54) is 6.92 Å². The average Bonchev–Trinajstić information content (AvgIpc) is 3.23. The number of carbonyl (C=O) groups is 4. The van der Waals surface area contributed by atoms with Gasteiger partial charge in [-0.25, -0.2) is 4.79 Å². The van der Waals surface area contributed by atoms with E-state index in [0.29, 0.717) is 74.1 Å². The molecular weight excluding hydrogens is 548 g/mol. The van der Waals surface area contributed by atoms with E-state index in [2.05, 4.69) is 0 Å². The van der Waals surface area contributed by atoms with Crippen LogP contribution in [0.4, 0.5) is 10.5 Å². The van der Waals surface area contributed by atoms with Gasteiger partial charge in [-0.1, -0.05) is 41.9 Å². The van der Waals surface area contributed by atoms with Crippen LogP contribution in [0.3, 0.4) is 0 Å². The number of amides is 4. The van der Waals surface area contributed by atoms with Crippen molar-refractivity contribution in [3.8, 4) is 5.75 Å². The predicted molar refractivity (Wildman–Crippen MR) is 153 cm³/mol. The van der Waals surface area contributed by atoms with Crippen molar-refractivity contribution >= 4 is 41.1 Å². The lowest BCUT2D eigenvalue weighted by atomic mass is 9.73. The van der Waals surface area contributed by atoms with Gasteiger partial charge in [-0.05, 0) is 30.5 Å². The van der Waals surface area contributed by atoms with Gasteiger partial charge in [0.15, 0.2) is 0 Å². The molecule has 10 nitrogen and oxygen atoms in total. The Morgan fingerprint density at radius 3 is 2.20 bits per heavy atom. The maximum Gasteiger partial charge on any atom is 0.410 e. The van der Waals surface area contributed by atoms with Gasteiger partial charge in [0.2, 0.25) is 17.7 Å². The molecule has 4 amide bonds. The first-order valence-electron chi connectivity index (χ1n) is 13.9. The van der Waals surface area contributed by atoms with Gasteiger partial charge in [-0.15, -0.1) is 0 Å². The van der Waals surface area contributed by atoms with Crippen LogP contribution in [0.15, 0.2) is 42.5 Å². The number of fused-ring (bicyclic) bond motifs is 2. The highest BCUT2D eigenvalue weighted by atomic mass is 35.5. The van der Waals surface area contributed by atoms with Gasteiger partial charge >= 0.3 is 6.09 Å².